The zero-order valence-electron chi connectivity index (χ0n) is 32.6. The standard InChI is InChI=1S/C49H56Br2O4/c1-37(52)15-17-39-19-25-43(26-20-39)54-33-13-9-5-3-7-11-31-49(47-35-41(50)23-29-45(47)46-30-24-42(51)36-48(46)49)32-12-8-4-6-10-14-34-55-44-27-21-40(22-28-44)18-16-38(2)53/h15-30,35-36H,3-14,31-34H2,1-2H3/b17-15+,18-16?. The van der Waals surface area contributed by atoms with E-state index in [1.807, 2.05) is 60.7 Å². The lowest BCUT2D eigenvalue weighted by atomic mass is 9.70. The molecule has 290 valence electrons. The highest BCUT2D eigenvalue weighted by molar-refractivity contribution is 9.10. The van der Waals surface area contributed by atoms with Crippen LogP contribution in [0.3, 0.4) is 0 Å². The van der Waals surface area contributed by atoms with E-state index in [0.29, 0.717) is 0 Å². The van der Waals surface area contributed by atoms with Crippen molar-refractivity contribution in [2.75, 3.05) is 13.2 Å². The summed E-state index contributed by atoms with van der Waals surface area (Å²) in [6, 6.07) is 29.7. The molecule has 0 saturated heterocycles. The third-order valence-corrected chi connectivity index (χ3v) is 11.6. The molecule has 0 amide bonds. The Labute approximate surface area is 346 Å². The Morgan fingerprint density at radius 1 is 0.509 bits per heavy atom. The van der Waals surface area contributed by atoms with Crippen LogP contribution >= 0.6 is 31.9 Å². The van der Waals surface area contributed by atoms with Gasteiger partial charge in [0, 0.05) is 14.4 Å². The molecule has 0 bridgehead atoms. The summed E-state index contributed by atoms with van der Waals surface area (Å²) >= 11 is 7.64. The van der Waals surface area contributed by atoms with Gasteiger partial charge < -0.3 is 9.47 Å². The molecular formula is C49H56Br2O4. The van der Waals surface area contributed by atoms with Crippen LogP contribution in [0.15, 0.2) is 106 Å². The lowest BCUT2D eigenvalue weighted by molar-refractivity contribution is -0.113. The second-order valence-corrected chi connectivity index (χ2v) is 16.8. The number of benzene rings is 4. The minimum atomic E-state index is 0.0364. The summed E-state index contributed by atoms with van der Waals surface area (Å²) in [6.45, 7) is 4.58. The quantitative estimate of drug-likeness (QED) is 0.0520. The van der Waals surface area contributed by atoms with E-state index in [1.165, 1.54) is 99.3 Å². The van der Waals surface area contributed by atoms with Crippen LogP contribution in [0.4, 0.5) is 0 Å². The van der Waals surface area contributed by atoms with Gasteiger partial charge in [-0.1, -0.05) is 145 Å². The fourth-order valence-corrected chi connectivity index (χ4v) is 8.45. The van der Waals surface area contributed by atoms with E-state index in [9.17, 15) is 9.59 Å². The number of halogens is 2. The molecule has 0 fully saturated rings. The molecule has 0 spiro atoms. The number of fused-ring (bicyclic) bond motifs is 3. The molecule has 0 unspecified atom stereocenters. The number of ether oxygens (including phenoxy) is 2. The Bertz CT molecular complexity index is 1750. The first-order valence-corrected chi connectivity index (χ1v) is 21.8. The van der Waals surface area contributed by atoms with Crippen molar-refractivity contribution < 1.29 is 19.1 Å². The number of ketones is 2. The molecular weight excluding hydrogens is 812 g/mol. The van der Waals surface area contributed by atoms with Gasteiger partial charge in [-0.05, 0) is 134 Å². The zero-order chi connectivity index (χ0) is 38.9. The van der Waals surface area contributed by atoms with Gasteiger partial charge in [-0.2, -0.15) is 0 Å². The van der Waals surface area contributed by atoms with E-state index >= 15 is 0 Å². The third-order valence-electron chi connectivity index (χ3n) is 10.6. The maximum atomic E-state index is 11.2. The van der Waals surface area contributed by atoms with Crippen LogP contribution < -0.4 is 9.47 Å². The Balaban J connectivity index is 1.05. The van der Waals surface area contributed by atoms with Crippen molar-refractivity contribution in [3.8, 4) is 22.6 Å². The summed E-state index contributed by atoms with van der Waals surface area (Å²) in [5, 5.41) is 0. The molecule has 1 aliphatic carbocycles. The maximum absolute atomic E-state index is 11.2. The second kappa shape index (κ2) is 22.1. The van der Waals surface area contributed by atoms with Crippen molar-refractivity contribution in [3.63, 3.8) is 0 Å². The molecule has 0 radical (unpaired) electrons. The van der Waals surface area contributed by atoms with Gasteiger partial charge in [0.1, 0.15) is 11.5 Å². The van der Waals surface area contributed by atoms with Crippen LogP contribution in [0.25, 0.3) is 23.3 Å². The van der Waals surface area contributed by atoms with Crippen LogP contribution in [-0.2, 0) is 15.0 Å². The Morgan fingerprint density at radius 3 is 1.25 bits per heavy atom. The second-order valence-electron chi connectivity index (χ2n) is 14.9. The van der Waals surface area contributed by atoms with Gasteiger partial charge >= 0.3 is 0 Å². The minimum absolute atomic E-state index is 0.0364. The monoisotopic (exact) mass is 866 g/mol. The van der Waals surface area contributed by atoms with Gasteiger partial charge in [0.25, 0.3) is 0 Å². The van der Waals surface area contributed by atoms with E-state index in [1.54, 1.807) is 26.0 Å². The molecule has 0 aromatic heterocycles. The van der Waals surface area contributed by atoms with E-state index in [4.69, 9.17) is 9.47 Å². The van der Waals surface area contributed by atoms with Gasteiger partial charge in [-0.3, -0.25) is 9.59 Å². The normalized spacial score (nSPS) is 12.9. The van der Waals surface area contributed by atoms with Crippen molar-refractivity contribution >= 4 is 55.6 Å². The molecule has 6 heteroatoms. The third kappa shape index (κ3) is 13.2. The van der Waals surface area contributed by atoms with Crippen molar-refractivity contribution in [1.82, 2.24) is 0 Å². The summed E-state index contributed by atoms with van der Waals surface area (Å²) in [4.78, 5) is 22.3. The van der Waals surface area contributed by atoms with E-state index < -0.39 is 0 Å². The highest BCUT2D eigenvalue weighted by Gasteiger charge is 2.42. The molecule has 5 rings (SSSR count). The highest BCUT2D eigenvalue weighted by atomic mass is 79.9. The fourth-order valence-electron chi connectivity index (χ4n) is 7.73. The minimum Gasteiger partial charge on any atom is -0.494 e. The van der Waals surface area contributed by atoms with Crippen LogP contribution in [-0.4, -0.2) is 24.8 Å². The van der Waals surface area contributed by atoms with Crippen molar-refractivity contribution in [2.45, 2.75) is 109 Å². The summed E-state index contributed by atoms with van der Waals surface area (Å²) in [5.41, 5.74) is 7.83. The van der Waals surface area contributed by atoms with Crippen LogP contribution in [0.2, 0.25) is 0 Å². The average molecular weight is 869 g/mol. The van der Waals surface area contributed by atoms with Gasteiger partial charge in [-0.25, -0.2) is 0 Å². The Kier molecular flexibility index (Phi) is 17.1. The topological polar surface area (TPSA) is 52.6 Å². The van der Waals surface area contributed by atoms with Gasteiger partial charge in [0.2, 0.25) is 0 Å². The smallest absolute Gasteiger partial charge is 0.152 e. The number of unbranched alkanes of at least 4 members (excludes halogenated alkanes) is 10. The van der Waals surface area contributed by atoms with E-state index in [0.717, 1.165) is 57.6 Å². The molecule has 0 aliphatic heterocycles. The van der Waals surface area contributed by atoms with Gasteiger partial charge in [0.05, 0.1) is 13.2 Å². The molecule has 0 atom stereocenters. The number of carbonyl (C=O) groups is 2. The molecule has 4 aromatic carbocycles. The molecule has 4 nitrogen and oxygen atoms in total. The van der Waals surface area contributed by atoms with Crippen LogP contribution in [0.5, 0.6) is 11.5 Å². The van der Waals surface area contributed by atoms with E-state index in [2.05, 4.69) is 68.3 Å². The van der Waals surface area contributed by atoms with Gasteiger partial charge in [-0.15, -0.1) is 0 Å². The molecule has 0 heterocycles. The lowest BCUT2D eigenvalue weighted by Gasteiger charge is -2.33. The van der Waals surface area contributed by atoms with Gasteiger partial charge in [0.15, 0.2) is 11.6 Å². The molecule has 1 aliphatic rings. The Morgan fingerprint density at radius 2 is 0.873 bits per heavy atom. The fraction of sp³-hybridized carbons (Fsp3) is 0.388. The molecule has 0 N–H and O–H groups in total. The Hall–Kier alpha value is -3.74. The average Bonchev–Trinajstić information content (AvgIpc) is 3.43. The number of carbonyl (C=O) groups excluding carboxylic acids is 2. The molecule has 55 heavy (non-hydrogen) atoms. The zero-order valence-corrected chi connectivity index (χ0v) is 35.8. The van der Waals surface area contributed by atoms with Crippen LogP contribution in [0, 0.1) is 0 Å². The molecule has 4 aromatic rings. The number of hydrogen-bond acceptors (Lipinski definition) is 4. The first-order valence-electron chi connectivity index (χ1n) is 20.2. The summed E-state index contributed by atoms with van der Waals surface area (Å²) in [5.74, 6) is 1.86. The summed E-state index contributed by atoms with van der Waals surface area (Å²) in [7, 11) is 0. The first kappa shape index (κ1) is 42.4. The van der Waals surface area contributed by atoms with E-state index in [-0.39, 0.29) is 17.0 Å². The van der Waals surface area contributed by atoms with Crippen molar-refractivity contribution in [1.29, 1.82) is 0 Å². The summed E-state index contributed by atoms with van der Waals surface area (Å²) < 4.78 is 14.3. The number of hydrogen-bond donors (Lipinski definition) is 0. The van der Waals surface area contributed by atoms with Crippen molar-refractivity contribution in [3.05, 3.63) is 128 Å². The first-order chi connectivity index (χ1) is 26.7. The SMILES string of the molecule is CC(=O)C=Cc1ccc(OCCCCCCCCC2(CCCCCCCCOc3ccc(/C=C/C(C)=O)cc3)c3cc(Br)ccc3-c3ccc(Br)cc32)cc1. The predicted molar refractivity (Wildman–Crippen MR) is 236 cm³/mol. The largest absolute Gasteiger partial charge is 0.494 e. The predicted octanol–water partition coefficient (Wildman–Crippen LogP) is 14.3. The number of rotatable bonds is 24. The highest BCUT2D eigenvalue weighted by Crippen LogP contribution is 2.55. The summed E-state index contributed by atoms with van der Waals surface area (Å²) in [6.07, 6.45) is 23.5. The van der Waals surface area contributed by atoms with Crippen LogP contribution in [0.1, 0.15) is 126 Å². The lowest BCUT2D eigenvalue weighted by Crippen LogP contribution is -2.25. The number of allylic oxidation sites excluding steroid dienone is 2. The molecule has 0 saturated carbocycles. The maximum Gasteiger partial charge on any atom is 0.152 e. The van der Waals surface area contributed by atoms with Crippen molar-refractivity contribution in [2.24, 2.45) is 0 Å².